The monoisotopic (exact) mass is 560 g/mol. The molecule has 3 heteroatoms. The zero-order valence-corrected chi connectivity index (χ0v) is 26.8. The van der Waals surface area contributed by atoms with Crippen molar-refractivity contribution in [3.63, 3.8) is 0 Å². The Morgan fingerprint density at radius 3 is 1.47 bits per heavy atom. The van der Waals surface area contributed by atoms with E-state index in [9.17, 15) is 0 Å². The number of hydrogen-bond acceptors (Lipinski definition) is 2. The molecule has 0 amide bonds. The molecular formula is C40H41BN2. The number of anilines is 6. The van der Waals surface area contributed by atoms with Gasteiger partial charge in [0.1, 0.15) is 0 Å². The molecule has 0 saturated carbocycles. The van der Waals surface area contributed by atoms with Crippen molar-refractivity contribution in [2.24, 2.45) is 0 Å². The third-order valence-corrected chi connectivity index (χ3v) is 9.26. The summed E-state index contributed by atoms with van der Waals surface area (Å²) in [7, 11) is 0. The molecule has 0 bridgehead atoms. The van der Waals surface area contributed by atoms with E-state index in [1.165, 1.54) is 72.8 Å². The summed E-state index contributed by atoms with van der Waals surface area (Å²) >= 11 is 0. The largest absolute Gasteiger partial charge is 0.311 e. The first-order valence-corrected chi connectivity index (χ1v) is 15.6. The Morgan fingerprint density at radius 2 is 0.953 bits per heavy atom. The van der Waals surface area contributed by atoms with Crippen LogP contribution in [0.1, 0.15) is 63.8 Å². The minimum Gasteiger partial charge on any atom is -0.311 e. The van der Waals surface area contributed by atoms with E-state index in [1.807, 2.05) is 0 Å². The van der Waals surface area contributed by atoms with Gasteiger partial charge >= 0.3 is 0 Å². The molecule has 0 aliphatic carbocycles. The second-order valence-corrected chi connectivity index (χ2v) is 14.5. The van der Waals surface area contributed by atoms with Crippen molar-refractivity contribution >= 4 is 57.2 Å². The molecule has 2 heterocycles. The van der Waals surface area contributed by atoms with Crippen LogP contribution >= 0.6 is 0 Å². The van der Waals surface area contributed by atoms with Gasteiger partial charge in [-0.2, -0.15) is 0 Å². The van der Waals surface area contributed by atoms with E-state index in [0.717, 1.165) is 0 Å². The molecule has 0 radical (unpaired) electrons. The number of hydrogen-bond donors (Lipinski definition) is 0. The Hall–Kier alpha value is -4.24. The maximum atomic E-state index is 2.50. The van der Waals surface area contributed by atoms with Crippen LogP contribution in [0.4, 0.5) is 34.1 Å². The summed E-state index contributed by atoms with van der Waals surface area (Å²) in [6, 6.07) is 39.2. The standard InChI is InChI=1S/C40H41BN2/c1-26-13-22-35-33(23-26)41-32-11-9-10-12-34(32)42(30-18-14-28(15-19-30)39(3,4)5)36-24-27(2)25-37(38(36)41)43(35)31-20-16-29(17-21-31)40(6,7)8/h9-25H,1-8H3. The van der Waals surface area contributed by atoms with E-state index in [0.29, 0.717) is 0 Å². The van der Waals surface area contributed by atoms with Gasteiger partial charge < -0.3 is 9.80 Å². The van der Waals surface area contributed by atoms with E-state index in [1.54, 1.807) is 0 Å². The van der Waals surface area contributed by atoms with E-state index >= 15 is 0 Å². The summed E-state index contributed by atoms with van der Waals surface area (Å²) in [5, 5.41) is 0. The van der Waals surface area contributed by atoms with Gasteiger partial charge in [-0.15, -0.1) is 0 Å². The molecule has 5 aromatic rings. The van der Waals surface area contributed by atoms with Gasteiger partial charge in [0.2, 0.25) is 0 Å². The lowest BCUT2D eigenvalue weighted by Crippen LogP contribution is -2.61. The predicted octanol–water partition coefficient (Wildman–Crippen LogP) is 8.98. The Labute approximate surface area is 258 Å². The van der Waals surface area contributed by atoms with Gasteiger partial charge in [0.25, 0.3) is 6.71 Å². The first-order valence-electron chi connectivity index (χ1n) is 15.6. The average Bonchev–Trinajstić information content (AvgIpc) is 2.96. The van der Waals surface area contributed by atoms with Crippen LogP contribution in [-0.2, 0) is 10.8 Å². The van der Waals surface area contributed by atoms with Gasteiger partial charge in [-0.3, -0.25) is 0 Å². The molecule has 0 saturated heterocycles. The third kappa shape index (κ3) is 4.49. The number of benzene rings is 5. The first kappa shape index (κ1) is 27.6. The minimum absolute atomic E-state index is 0.107. The molecule has 0 unspecified atom stereocenters. The summed E-state index contributed by atoms with van der Waals surface area (Å²) < 4.78 is 0. The second kappa shape index (κ2) is 9.64. The van der Waals surface area contributed by atoms with Crippen molar-refractivity contribution in [2.75, 3.05) is 9.80 Å². The number of aryl methyl sites for hydroxylation is 2. The van der Waals surface area contributed by atoms with Gasteiger partial charge in [0.05, 0.1) is 0 Å². The van der Waals surface area contributed by atoms with Crippen LogP contribution in [0.5, 0.6) is 0 Å². The Bertz CT molecular complexity index is 1840. The van der Waals surface area contributed by atoms with Gasteiger partial charge in [-0.25, -0.2) is 0 Å². The fraction of sp³-hybridized carbons (Fsp3) is 0.250. The fourth-order valence-electron chi connectivity index (χ4n) is 6.98. The highest BCUT2D eigenvalue weighted by molar-refractivity contribution is 7.00. The quantitative estimate of drug-likeness (QED) is 0.195. The first-order chi connectivity index (χ1) is 20.4. The molecule has 2 aliphatic heterocycles. The molecule has 0 spiro atoms. The van der Waals surface area contributed by atoms with Gasteiger partial charge in [-0.05, 0) is 106 Å². The van der Waals surface area contributed by atoms with Crippen molar-refractivity contribution in [2.45, 2.75) is 66.2 Å². The average molecular weight is 561 g/mol. The van der Waals surface area contributed by atoms with E-state index in [2.05, 4.69) is 168 Å². The van der Waals surface area contributed by atoms with Gasteiger partial charge in [-0.1, -0.05) is 102 Å². The lowest BCUT2D eigenvalue weighted by molar-refractivity contribution is 0.590. The van der Waals surface area contributed by atoms with Crippen molar-refractivity contribution < 1.29 is 0 Å². The van der Waals surface area contributed by atoms with E-state index in [-0.39, 0.29) is 17.5 Å². The number of rotatable bonds is 2. The highest BCUT2D eigenvalue weighted by Crippen LogP contribution is 2.45. The van der Waals surface area contributed by atoms with Crippen LogP contribution in [0.15, 0.2) is 103 Å². The van der Waals surface area contributed by atoms with Crippen LogP contribution in [0.25, 0.3) is 0 Å². The molecular weight excluding hydrogens is 519 g/mol. The van der Waals surface area contributed by atoms with Crippen LogP contribution in [0.2, 0.25) is 0 Å². The highest BCUT2D eigenvalue weighted by atomic mass is 15.2. The molecule has 7 rings (SSSR count). The molecule has 0 N–H and O–H groups in total. The van der Waals surface area contributed by atoms with Crippen LogP contribution < -0.4 is 26.2 Å². The molecule has 0 aromatic heterocycles. The maximum Gasteiger partial charge on any atom is 0.252 e. The molecule has 0 fully saturated rings. The number of nitrogens with zero attached hydrogens (tertiary/aromatic N) is 2. The third-order valence-electron chi connectivity index (χ3n) is 9.26. The van der Waals surface area contributed by atoms with Gasteiger partial charge in [0, 0.05) is 34.1 Å². The molecule has 5 aromatic carbocycles. The zero-order valence-electron chi connectivity index (χ0n) is 26.8. The SMILES string of the molecule is Cc1ccc2c(c1)B1c3ccccc3N(c3ccc(C(C)(C)C)cc3)c3cc(C)cc(c31)N2c1ccc(C(C)(C)C)cc1. The lowest BCUT2D eigenvalue weighted by Gasteiger charge is -2.44. The molecule has 214 valence electrons. The van der Waals surface area contributed by atoms with Crippen molar-refractivity contribution in [3.05, 3.63) is 125 Å². The summed E-state index contributed by atoms with van der Waals surface area (Å²) in [4.78, 5) is 4.99. The van der Waals surface area contributed by atoms with Crippen LogP contribution in [-0.4, -0.2) is 6.71 Å². The second-order valence-electron chi connectivity index (χ2n) is 14.5. The Kier molecular flexibility index (Phi) is 6.19. The van der Waals surface area contributed by atoms with Crippen molar-refractivity contribution in [1.29, 1.82) is 0 Å². The van der Waals surface area contributed by atoms with E-state index < -0.39 is 0 Å². The summed E-state index contributed by atoms with van der Waals surface area (Å²) in [6.07, 6.45) is 0. The summed E-state index contributed by atoms with van der Waals surface area (Å²) in [5.74, 6) is 0. The maximum absolute atomic E-state index is 2.50. The topological polar surface area (TPSA) is 6.48 Å². The summed E-state index contributed by atoms with van der Waals surface area (Å²) in [5.41, 5.74) is 17.0. The predicted molar refractivity (Wildman–Crippen MR) is 187 cm³/mol. The Balaban J connectivity index is 1.50. The number of fused-ring (bicyclic) bond motifs is 4. The van der Waals surface area contributed by atoms with Crippen LogP contribution in [0, 0.1) is 13.8 Å². The van der Waals surface area contributed by atoms with Crippen molar-refractivity contribution in [1.82, 2.24) is 0 Å². The van der Waals surface area contributed by atoms with Crippen molar-refractivity contribution in [3.8, 4) is 0 Å². The van der Waals surface area contributed by atoms with E-state index in [4.69, 9.17) is 0 Å². The van der Waals surface area contributed by atoms with Crippen LogP contribution in [0.3, 0.4) is 0 Å². The fourth-order valence-corrected chi connectivity index (χ4v) is 6.98. The normalized spacial score (nSPS) is 13.9. The summed E-state index contributed by atoms with van der Waals surface area (Å²) in [6.45, 7) is 18.3. The molecule has 43 heavy (non-hydrogen) atoms. The Morgan fingerprint density at radius 1 is 0.465 bits per heavy atom. The molecule has 2 nitrogen and oxygen atoms in total. The highest BCUT2D eigenvalue weighted by Gasteiger charge is 2.43. The smallest absolute Gasteiger partial charge is 0.252 e. The lowest BCUT2D eigenvalue weighted by atomic mass is 9.33. The number of para-hydroxylation sites is 1. The van der Waals surface area contributed by atoms with Gasteiger partial charge in [0.15, 0.2) is 0 Å². The minimum atomic E-state index is 0.107. The molecule has 2 aliphatic rings. The molecule has 0 atom stereocenters. The zero-order chi connectivity index (χ0) is 30.3.